The fourth-order valence-corrected chi connectivity index (χ4v) is 5.90. The minimum absolute atomic E-state index is 0.0850. The van der Waals surface area contributed by atoms with Gasteiger partial charge in [0.05, 0.1) is 11.7 Å². The van der Waals surface area contributed by atoms with E-state index in [1.165, 1.54) is 16.7 Å². The molecule has 0 bridgehead atoms. The van der Waals surface area contributed by atoms with E-state index >= 15 is 4.39 Å². The van der Waals surface area contributed by atoms with E-state index in [9.17, 15) is 9.59 Å². The van der Waals surface area contributed by atoms with Crippen molar-refractivity contribution in [2.24, 2.45) is 0 Å². The Hall–Kier alpha value is -3.96. The summed E-state index contributed by atoms with van der Waals surface area (Å²) in [5.74, 6) is 0.208. The average molecular weight is 598 g/mol. The lowest BCUT2D eigenvalue weighted by molar-refractivity contribution is -0.126. The van der Waals surface area contributed by atoms with E-state index in [1.807, 2.05) is 18.7 Å². The molecule has 0 spiro atoms. The third-order valence-electron chi connectivity index (χ3n) is 7.45. The molecule has 10 nitrogen and oxygen atoms in total. The number of halogens is 3. The molecule has 1 fully saturated rings. The molecule has 1 amide bonds. The van der Waals surface area contributed by atoms with Gasteiger partial charge in [-0.2, -0.15) is 10.1 Å². The number of amides is 1. The summed E-state index contributed by atoms with van der Waals surface area (Å²) in [7, 11) is 0. The van der Waals surface area contributed by atoms with Crippen LogP contribution in [0.2, 0.25) is 10.2 Å². The highest BCUT2D eigenvalue weighted by atomic mass is 35.5. The van der Waals surface area contributed by atoms with Crippen LogP contribution < -0.4 is 15.3 Å². The van der Waals surface area contributed by atoms with Crippen LogP contribution in [0, 0.1) is 12.7 Å². The number of piperazine rings is 1. The third kappa shape index (κ3) is 4.26. The maximum Gasteiger partial charge on any atom is 0.357 e. The summed E-state index contributed by atoms with van der Waals surface area (Å²) in [5.41, 5.74) is 0.354. The van der Waals surface area contributed by atoms with Crippen molar-refractivity contribution in [1.29, 1.82) is 0 Å². The monoisotopic (exact) mass is 597 g/mol. The maximum atomic E-state index is 15.1. The molecule has 212 valence electrons. The van der Waals surface area contributed by atoms with E-state index in [0.29, 0.717) is 42.2 Å². The summed E-state index contributed by atoms with van der Waals surface area (Å²) in [6, 6.07) is 5.61. The van der Waals surface area contributed by atoms with Crippen molar-refractivity contribution in [2.45, 2.75) is 32.9 Å². The zero-order valence-electron chi connectivity index (χ0n) is 22.6. The van der Waals surface area contributed by atoms with Crippen LogP contribution >= 0.6 is 23.2 Å². The van der Waals surface area contributed by atoms with Crippen molar-refractivity contribution in [3.8, 4) is 22.8 Å². The van der Waals surface area contributed by atoms with Crippen molar-refractivity contribution in [2.75, 3.05) is 31.1 Å². The molecule has 0 aliphatic carbocycles. The van der Waals surface area contributed by atoms with Crippen LogP contribution in [0.1, 0.15) is 25.5 Å². The number of anilines is 1. The number of benzene rings is 1. The normalized spacial score (nSPS) is 16.5. The smallest absolute Gasteiger partial charge is 0.357 e. The van der Waals surface area contributed by atoms with Gasteiger partial charge in [0, 0.05) is 36.8 Å². The lowest BCUT2D eigenvalue weighted by Crippen LogP contribution is -2.56. The Bertz CT molecular complexity index is 1800. The maximum absolute atomic E-state index is 15.1. The Balaban J connectivity index is 1.70. The molecule has 0 N–H and O–H groups in total. The van der Waals surface area contributed by atoms with Gasteiger partial charge in [-0.15, -0.1) is 0 Å². The van der Waals surface area contributed by atoms with E-state index in [0.717, 1.165) is 0 Å². The van der Waals surface area contributed by atoms with Crippen LogP contribution in [0.25, 0.3) is 28.1 Å². The molecule has 0 radical (unpaired) electrons. The standard InChI is InChI=1S/C28H26Cl2FN7O3/c1-5-19(39)35-10-11-36-16(12-35)13-41-23-20-25(36)33-28(40)37(27-15(4)24(30)34-38(27)14(2)3)26(20)32-22(21(23)29)17-8-6-7-9-18(17)31/h5-9,14,16H,1,10-13H2,2-4H3/t16-/m1/s1. The molecule has 4 aromatic rings. The Morgan fingerprint density at radius 2 is 1.98 bits per heavy atom. The fraction of sp³-hybridized carbons (Fsp3) is 0.321. The molecule has 2 aliphatic rings. The molecule has 1 atom stereocenters. The average Bonchev–Trinajstić information content (AvgIpc) is 3.15. The number of rotatable bonds is 4. The highest BCUT2D eigenvalue weighted by Crippen LogP contribution is 2.45. The highest BCUT2D eigenvalue weighted by Gasteiger charge is 2.37. The number of ether oxygens (including phenoxy) is 1. The van der Waals surface area contributed by atoms with E-state index in [4.69, 9.17) is 32.9 Å². The molecule has 3 aromatic heterocycles. The van der Waals surface area contributed by atoms with Gasteiger partial charge in [-0.25, -0.2) is 23.4 Å². The summed E-state index contributed by atoms with van der Waals surface area (Å²) in [6.07, 6.45) is 1.27. The number of hydrogen-bond donors (Lipinski definition) is 0. The topological polar surface area (TPSA) is 98.4 Å². The molecule has 5 heterocycles. The largest absolute Gasteiger partial charge is 0.489 e. The molecule has 6 rings (SSSR count). The Morgan fingerprint density at radius 1 is 1.22 bits per heavy atom. The van der Waals surface area contributed by atoms with Gasteiger partial charge in [-0.05, 0) is 39.0 Å². The molecule has 2 aliphatic heterocycles. The molecule has 1 saturated heterocycles. The van der Waals surface area contributed by atoms with E-state index in [2.05, 4.69) is 16.7 Å². The number of hydrogen-bond acceptors (Lipinski definition) is 7. The second-order valence-corrected chi connectivity index (χ2v) is 11.0. The predicted molar refractivity (Wildman–Crippen MR) is 155 cm³/mol. The van der Waals surface area contributed by atoms with Gasteiger partial charge in [0.25, 0.3) is 0 Å². The molecule has 13 heteroatoms. The quantitative estimate of drug-likeness (QED) is 0.318. The molecule has 41 heavy (non-hydrogen) atoms. The second kappa shape index (κ2) is 10.1. The van der Waals surface area contributed by atoms with Gasteiger partial charge in [0.15, 0.2) is 16.5 Å². The molecular weight excluding hydrogens is 572 g/mol. The molecule has 1 aromatic carbocycles. The van der Waals surface area contributed by atoms with Crippen LogP contribution in [0.5, 0.6) is 5.75 Å². The number of carbonyl (C=O) groups is 1. The summed E-state index contributed by atoms with van der Waals surface area (Å²) in [5, 5.41) is 5.14. The lowest BCUT2D eigenvalue weighted by Gasteiger charge is -2.40. The zero-order chi connectivity index (χ0) is 29.2. The van der Waals surface area contributed by atoms with Crippen molar-refractivity contribution in [3.63, 3.8) is 0 Å². The van der Waals surface area contributed by atoms with Crippen LogP contribution in [-0.4, -0.2) is 67.4 Å². The van der Waals surface area contributed by atoms with Crippen molar-refractivity contribution >= 4 is 46.0 Å². The van der Waals surface area contributed by atoms with Gasteiger partial charge >= 0.3 is 5.69 Å². The summed E-state index contributed by atoms with van der Waals surface area (Å²) >= 11 is 13.4. The number of carbonyl (C=O) groups excluding carboxylic acids is 1. The van der Waals surface area contributed by atoms with Gasteiger partial charge in [-0.3, -0.25) is 4.79 Å². The summed E-state index contributed by atoms with van der Waals surface area (Å²) in [6.45, 7) is 10.4. The minimum atomic E-state index is -0.625. The van der Waals surface area contributed by atoms with E-state index < -0.39 is 11.5 Å². The van der Waals surface area contributed by atoms with Crippen molar-refractivity contribution < 1.29 is 13.9 Å². The highest BCUT2D eigenvalue weighted by molar-refractivity contribution is 6.36. The molecule has 0 unspecified atom stereocenters. The number of nitrogens with zero attached hydrogens (tertiary/aromatic N) is 7. The first kappa shape index (κ1) is 27.2. The number of fused-ring (bicyclic) bond motifs is 2. The Kier molecular flexibility index (Phi) is 6.74. The van der Waals surface area contributed by atoms with Gasteiger partial charge in [0.1, 0.15) is 34.5 Å². The van der Waals surface area contributed by atoms with Crippen molar-refractivity contribution in [3.05, 3.63) is 69.0 Å². The Morgan fingerprint density at radius 3 is 2.68 bits per heavy atom. The summed E-state index contributed by atoms with van der Waals surface area (Å²) < 4.78 is 24.4. The Labute approximate surface area is 244 Å². The SMILES string of the molecule is C=CC(=O)N1CCN2c3nc(=O)n(-c4c(C)c(Cl)nn4C(C)C)c4nc(-c5ccccc5F)c(Cl)c(c34)OC[C@H]2C1. The minimum Gasteiger partial charge on any atom is -0.489 e. The van der Waals surface area contributed by atoms with Crippen molar-refractivity contribution in [1.82, 2.24) is 29.2 Å². The number of aromatic nitrogens is 5. The van der Waals surface area contributed by atoms with E-state index in [-0.39, 0.29) is 57.4 Å². The van der Waals surface area contributed by atoms with Gasteiger partial charge in [0.2, 0.25) is 5.91 Å². The third-order valence-corrected chi connectivity index (χ3v) is 8.16. The van der Waals surface area contributed by atoms with Gasteiger partial charge in [-0.1, -0.05) is 41.9 Å². The van der Waals surface area contributed by atoms with Crippen LogP contribution in [0.4, 0.5) is 10.2 Å². The number of pyridine rings is 1. The second-order valence-electron chi connectivity index (χ2n) is 10.3. The predicted octanol–water partition coefficient (Wildman–Crippen LogP) is 4.58. The molecule has 0 saturated carbocycles. The first-order valence-corrected chi connectivity index (χ1v) is 13.8. The first-order chi connectivity index (χ1) is 19.6. The van der Waals surface area contributed by atoms with Crippen LogP contribution in [0.15, 0.2) is 41.7 Å². The van der Waals surface area contributed by atoms with Gasteiger partial charge < -0.3 is 14.5 Å². The van der Waals surface area contributed by atoms with Crippen LogP contribution in [0.3, 0.4) is 0 Å². The first-order valence-electron chi connectivity index (χ1n) is 13.1. The van der Waals surface area contributed by atoms with Crippen LogP contribution in [-0.2, 0) is 4.79 Å². The molecular formula is C28H26Cl2FN7O3. The van der Waals surface area contributed by atoms with E-state index in [1.54, 1.807) is 34.7 Å². The summed E-state index contributed by atoms with van der Waals surface area (Å²) in [4.78, 5) is 39.3. The fourth-order valence-electron chi connectivity index (χ4n) is 5.44. The zero-order valence-corrected chi connectivity index (χ0v) is 24.1. The lowest BCUT2D eigenvalue weighted by atomic mass is 10.1.